The SMILES string of the molecule is CN=C(NCc1cccnc1OCc1ccccc1)NCC1(C)CCCO1.I. The highest BCUT2D eigenvalue weighted by Gasteiger charge is 2.29. The summed E-state index contributed by atoms with van der Waals surface area (Å²) in [5, 5.41) is 6.68. The molecule has 2 aromatic rings. The molecular formula is C21H29IN4O2. The number of ether oxygens (including phenoxy) is 2. The van der Waals surface area contributed by atoms with Crippen LogP contribution >= 0.6 is 24.0 Å². The molecule has 7 heteroatoms. The van der Waals surface area contributed by atoms with E-state index in [-0.39, 0.29) is 29.6 Å². The highest BCUT2D eigenvalue weighted by Crippen LogP contribution is 2.23. The molecule has 3 rings (SSSR count). The normalized spacial score (nSPS) is 19.0. The van der Waals surface area contributed by atoms with Crippen molar-refractivity contribution in [3.05, 3.63) is 59.8 Å². The van der Waals surface area contributed by atoms with E-state index in [9.17, 15) is 0 Å². The molecule has 0 saturated carbocycles. The van der Waals surface area contributed by atoms with Crippen molar-refractivity contribution in [1.29, 1.82) is 0 Å². The van der Waals surface area contributed by atoms with Crippen LogP contribution in [-0.2, 0) is 17.9 Å². The second kappa shape index (κ2) is 11.2. The third kappa shape index (κ3) is 6.63. The van der Waals surface area contributed by atoms with Gasteiger partial charge in [0.2, 0.25) is 5.88 Å². The number of hydrogen-bond donors (Lipinski definition) is 2. The summed E-state index contributed by atoms with van der Waals surface area (Å²) in [7, 11) is 1.77. The number of pyridine rings is 1. The predicted octanol–water partition coefficient (Wildman–Crippen LogP) is 3.51. The first-order valence-corrected chi connectivity index (χ1v) is 9.38. The van der Waals surface area contributed by atoms with E-state index in [1.807, 2.05) is 42.5 Å². The molecule has 0 amide bonds. The highest BCUT2D eigenvalue weighted by atomic mass is 127. The van der Waals surface area contributed by atoms with Crippen LogP contribution < -0.4 is 15.4 Å². The minimum atomic E-state index is -0.115. The monoisotopic (exact) mass is 496 g/mol. The molecule has 1 aromatic carbocycles. The summed E-state index contributed by atoms with van der Waals surface area (Å²) in [5.41, 5.74) is 1.99. The van der Waals surface area contributed by atoms with Gasteiger partial charge in [-0.15, -0.1) is 24.0 Å². The molecule has 1 aliphatic rings. The van der Waals surface area contributed by atoms with Crippen LogP contribution in [0.4, 0.5) is 0 Å². The van der Waals surface area contributed by atoms with Crippen LogP contribution in [0.2, 0.25) is 0 Å². The Morgan fingerprint density at radius 2 is 2.04 bits per heavy atom. The van der Waals surface area contributed by atoms with Crippen molar-refractivity contribution in [1.82, 2.24) is 15.6 Å². The highest BCUT2D eigenvalue weighted by molar-refractivity contribution is 14.0. The lowest BCUT2D eigenvalue weighted by Crippen LogP contribution is -2.45. The van der Waals surface area contributed by atoms with Gasteiger partial charge in [0.25, 0.3) is 0 Å². The van der Waals surface area contributed by atoms with E-state index in [0.717, 1.165) is 43.1 Å². The number of aliphatic imine (C=N–C) groups is 1. The first-order valence-electron chi connectivity index (χ1n) is 9.38. The van der Waals surface area contributed by atoms with Crippen molar-refractivity contribution in [2.75, 3.05) is 20.2 Å². The van der Waals surface area contributed by atoms with Gasteiger partial charge >= 0.3 is 0 Å². The molecule has 2 heterocycles. The second-order valence-corrected chi connectivity index (χ2v) is 6.92. The molecule has 1 saturated heterocycles. The molecule has 6 nitrogen and oxygen atoms in total. The van der Waals surface area contributed by atoms with E-state index in [4.69, 9.17) is 9.47 Å². The molecule has 1 unspecified atom stereocenters. The molecule has 1 fully saturated rings. The molecule has 1 aromatic heterocycles. The molecule has 0 spiro atoms. The Labute approximate surface area is 184 Å². The Bertz CT molecular complexity index is 749. The third-order valence-corrected chi connectivity index (χ3v) is 4.67. The fourth-order valence-electron chi connectivity index (χ4n) is 3.06. The summed E-state index contributed by atoms with van der Waals surface area (Å²) >= 11 is 0. The number of aromatic nitrogens is 1. The molecule has 152 valence electrons. The maximum absolute atomic E-state index is 5.92. The van der Waals surface area contributed by atoms with E-state index in [1.165, 1.54) is 0 Å². The maximum Gasteiger partial charge on any atom is 0.218 e. The number of benzene rings is 1. The van der Waals surface area contributed by atoms with Gasteiger partial charge in [0.05, 0.1) is 5.60 Å². The Hall–Kier alpha value is -1.87. The lowest BCUT2D eigenvalue weighted by molar-refractivity contribution is 0.0243. The molecular weight excluding hydrogens is 467 g/mol. The zero-order chi connectivity index (χ0) is 19.0. The van der Waals surface area contributed by atoms with E-state index in [0.29, 0.717) is 19.0 Å². The van der Waals surface area contributed by atoms with E-state index >= 15 is 0 Å². The van der Waals surface area contributed by atoms with Crippen molar-refractivity contribution in [2.24, 2.45) is 4.99 Å². The average molecular weight is 496 g/mol. The standard InChI is InChI=1S/C21H28N4O2.HI/c1-21(11-7-13-27-21)16-25-20(22-2)24-14-18-10-6-12-23-19(18)26-15-17-8-4-3-5-9-17;/h3-6,8-10,12H,7,11,13-16H2,1-2H3,(H2,22,24,25);1H. The first kappa shape index (κ1) is 22.4. The lowest BCUT2D eigenvalue weighted by Gasteiger charge is -2.24. The van der Waals surface area contributed by atoms with Gasteiger partial charge in [0, 0.05) is 38.5 Å². The quantitative estimate of drug-likeness (QED) is 0.349. The molecule has 0 aliphatic carbocycles. The van der Waals surface area contributed by atoms with Crippen LogP contribution in [0.3, 0.4) is 0 Å². The summed E-state index contributed by atoms with van der Waals surface area (Å²) < 4.78 is 11.7. The van der Waals surface area contributed by atoms with Gasteiger partial charge in [-0.05, 0) is 31.4 Å². The maximum atomic E-state index is 5.92. The lowest BCUT2D eigenvalue weighted by atomic mass is 10.0. The van der Waals surface area contributed by atoms with E-state index < -0.39 is 0 Å². The van der Waals surface area contributed by atoms with Gasteiger partial charge in [-0.1, -0.05) is 36.4 Å². The number of guanidine groups is 1. The number of nitrogens with zero attached hydrogens (tertiary/aromatic N) is 2. The van der Waals surface area contributed by atoms with Crippen LogP contribution in [-0.4, -0.2) is 36.7 Å². The Balaban J connectivity index is 0.00000280. The number of nitrogens with one attached hydrogen (secondary N) is 2. The molecule has 2 N–H and O–H groups in total. The number of halogens is 1. The van der Waals surface area contributed by atoms with Crippen molar-refractivity contribution in [3.8, 4) is 5.88 Å². The van der Waals surface area contributed by atoms with Crippen molar-refractivity contribution in [2.45, 2.75) is 38.5 Å². The third-order valence-electron chi connectivity index (χ3n) is 4.67. The van der Waals surface area contributed by atoms with E-state index in [1.54, 1.807) is 13.2 Å². The van der Waals surface area contributed by atoms with Crippen molar-refractivity contribution in [3.63, 3.8) is 0 Å². The number of hydrogen-bond acceptors (Lipinski definition) is 4. The summed E-state index contributed by atoms with van der Waals surface area (Å²) in [6.45, 7) is 4.78. The second-order valence-electron chi connectivity index (χ2n) is 6.92. The summed E-state index contributed by atoms with van der Waals surface area (Å²) in [6, 6.07) is 14.0. The zero-order valence-corrected chi connectivity index (χ0v) is 18.8. The topological polar surface area (TPSA) is 67.8 Å². The van der Waals surface area contributed by atoms with Crippen LogP contribution in [0, 0.1) is 0 Å². The molecule has 1 aliphatic heterocycles. The molecule has 0 radical (unpaired) electrons. The van der Waals surface area contributed by atoms with Crippen LogP contribution in [0.15, 0.2) is 53.7 Å². The molecule has 1 atom stereocenters. The fourth-order valence-corrected chi connectivity index (χ4v) is 3.06. The Morgan fingerprint density at radius 1 is 1.21 bits per heavy atom. The van der Waals surface area contributed by atoms with E-state index in [2.05, 4.69) is 27.5 Å². The minimum Gasteiger partial charge on any atom is -0.473 e. The predicted molar refractivity (Wildman–Crippen MR) is 122 cm³/mol. The van der Waals surface area contributed by atoms with Gasteiger partial charge in [0.15, 0.2) is 5.96 Å². The van der Waals surface area contributed by atoms with Crippen molar-refractivity contribution >= 4 is 29.9 Å². The Morgan fingerprint density at radius 3 is 2.75 bits per heavy atom. The van der Waals surface area contributed by atoms with Crippen molar-refractivity contribution < 1.29 is 9.47 Å². The van der Waals surface area contributed by atoms with Gasteiger partial charge in [0.1, 0.15) is 6.61 Å². The van der Waals surface area contributed by atoms with Crippen LogP contribution in [0.1, 0.15) is 30.9 Å². The average Bonchev–Trinajstić information content (AvgIpc) is 3.15. The summed E-state index contributed by atoms with van der Waals surface area (Å²) in [4.78, 5) is 8.67. The van der Waals surface area contributed by atoms with Crippen LogP contribution in [0.25, 0.3) is 0 Å². The fraction of sp³-hybridized carbons (Fsp3) is 0.429. The number of rotatable bonds is 7. The van der Waals surface area contributed by atoms with Gasteiger partial charge in [-0.2, -0.15) is 0 Å². The molecule has 0 bridgehead atoms. The summed E-state index contributed by atoms with van der Waals surface area (Å²) in [5.74, 6) is 1.37. The van der Waals surface area contributed by atoms with Gasteiger partial charge in [-0.3, -0.25) is 4.99 Å². The zero-order valence-electron chi connectivity index (χ0n) is 16.5. The van der Waals surface area contributed by atoms with Gasteiger partial charge in [-0.25, -0.2) is 4.98 Å². The largest absolute Gasteiger partial charge is 0.473 e. The summed E-state index contributed by atoms with van der Waals surface area (Å²) in [6.07, 6.45) is 3.92. The van der Waals surface area contributed by atoms with Crippen LogP contribution in [0.5, 0.6) is 5.88 Å². The minimum absolute atomic E-state index is 0. The molecule has 28 heavy (non-hydrogen) atoms. The Kier molecular flexibility index (Phi) is 8.98. The smallest absolute Gasteiger partial charge is 0.218 e. The first-order chi connectivity index (χ1) is 13.2. The van der Waals surface area contributed by atoms with Gasteiger partial charge < -0.3 is 20.1 Å².